The summed E-state index contributed by atoms with van der Waals surface area (Å²) >= 11 is 0. The van der Waals surface area contributed by atoms with Crippen LogP contribution in [0.15, 0.2) is 48.8 Å². The summed E-state index contributed by atoms with van der Waals surface area (Å²) in [5.41, 5.74) is 11.2. The van der Waals surface area contributed by atoms with Gasteiger partial charge in [0, 0.05) is 6.54 Å². The normalized spacial score (nSPS) is 10.9. The molecule has 3 rings (SSSR count). The first-order chi connectivity index (χ1) is 8.36. The van der Waals surface area contributed by atoms with Crippen LogP contribution in [0.4, 0.5) is 0 Å². The molecule has 3 aromatic rings. The zero-order chi connectivity index (χ0) is 11.7. The second kappa shape index (κ2) is 4.03. The topological polar surface area (TPSA) is 54.7 Å². The van der Waals surface area contributed by atoms with Gasteiger partial charge in [0.1, 0.15) is 0 Å². The van der Waals surface area contributed by atoms with Crippen LogP contribution in [0.5, 0.6) is 0 Å². The highest BCUT2D eigenvalue weighted by molar-refractivity contribution is 5.81. The molecule has 0 atom stereocenters. The Morgan fingerprint density at radius 3 is 2.53 bits per heavy atom. The van der Waals surface area contributed by atoms with E-state index in [0.717, 1.165) is 16.6 Å². The minimum Gasteiger partial charge on any atom is -0.345 e. The van der Waals surface area contributed by atoms with Crippen LogP contribution in [0, 0.1) is 0 Å². The van der Waals surface area contributed by atoms with E-state index in [9.17, 15) is 0 Å². The molecule has 0 aliphatic carbocycles. The number of aromatic nitrogens is 2. The number of aromatic amines is 1. The van der Waals surface area contributed by atoms with Crippen molar-refractivity contribution in [3.8, 4) is 11.1 Å². The second-order valence-corrected chi connectivity index (χ2v) is 4.04. The molecule has 1 aromatic heterocycles. The second-order valence-electron chi connectivity index (χ2n) is 4.04. The van der Waals surface area contributed by atoms with E-state index in [0.29, 0.717) is 6.54 Å². The lowest BCUT2D eigenvalue weighted by Crippen LogP contribution is -1.95. The number of hydrogen-bond donors (Lipinski definition) is 2. The van der Waals surface area contributed by atoms with Crippen LogP contribution in [0.3, 0.4) is 0 Å². The number of nitrogens with one attached hydrogen (secondary N) is 1. The molecule has 0 saturated carbocycles. The number of hydrogen-bond acceptors (Lipinski definition) is 2. The third kappa shape index (κ3) is 1.81. The zero-order valence-electron chi connectivity index (χ0n) is 9.35. The van der Waals surface area contributed by atoms with Crippen molar-refractivity contribution in [3.05, 3.63) is 54.4 Å². The quantitative estimate of drug-likeness (QED) is 0.701. The fraction of sp³-hybridized carbons (Fsp3) is 0.0714. The lowest BCUT2D eigenvalue weighted by molar-refractivity contribution is 1.07. The Morgan fingerprint density at radius 2 is 1.76 bits per heavy atom. The fourth-order valence-electron chi connectivity index (χ4n) is 1.95. The van der Waals surface area contributed by atoms with Crippen molar-refractivity contribution >= 4 is 11.0 Å². The minimum absolute atomic E-state index is 0.583. The van der Waals surface area contributed by atoms with E-state index >= 15 is 0 Å². The van der Waals surface area contributed by atoms with E-state index in [1.807, 2.05) is 6.07 Å². The molecule has 0 radical (unpaired) electrons. The molecular formula is C14H13N3. The summed E-state index contributed by atoms with van der Waals surface area (Å²) in [5.74, 6) is 0. The van der Waals surface area contributed by atoms with Crippen LogP contribution < -0.4 is 5.73 Å². The summed E-state index contributed by atoms with van der Waals surface area (Å²) in [6.07, 6.45) is 1.71. The van der Waals surface area contributed by atoms with Crippen molar-refractivity contribution in [3.63, 3.8) is 0 Å². The molecule has 0 saturated heterocycles. The number of rotatable bonds is 2. The Balaban J connectivity index is 2.06. The van der Waals surface area contributed by atoms with Crippen molar-refractivity contribution in [2.75, 3.05) is 0 Å². The molecule has 0 aliphatic rings. The van der Waals surface area contributed by atoms with Crippen molar-refractivity contribution < 1.29 is 0 Å². The van der Waals surface area contributed by atoms with Crippen LogP contribution in [0.1, 0.15) is 5.56 Å². The van der Waals surface area contributed by atoms with E-state index in [1.54, 1.807) is 6.33 Å². The predicted molar refractivity (Wildman–Crippen MR) is 69.4 cm³/mol. The molecule has 0 bridgehead atoms. The molecule has 3 N–H and O–H groups in total. The first kappa shape index (κ1) is 10.1. The largest absolute Gasteiger partial charge is 0.345 e. The van der Waals surface area contributed by atoms with Gasteiger partial charge in [0.05, 0.1) is 17.4 Å². The van der Waals surface area contributed by atoms with E-state index in [1.165, 1.54) is 11.1 Å². The third-order valence-electron chi connectivity index (χ3n) is 2.94. The number of fused-ring (bicyclic) bond motifs is 1. The highest BCUT2D eigenvalue weighted by Gasteiger charge is 2.01. The van der Waals surface area contributed by atoms with Gasteiger partial charge in [0.2, 0.25) is 0 Å². The van der Waals surface area contributed by atoms with Gasteiger partial charge < -0.3 is 10.7 Å². The molecule has 3 heteroatoms. The van der Waals surface area contributed by atoms with Crippen molar-refractivity contribution in [2.24, 2.45) is 5.73 Å². The van der Waals surface area contributed by atoms with E-state index in [2.05, 4.69) is 46.4 Å². The molecular weight excluding hydrogens is 210 g/mol. The van der Waals surface area contributed by atoms with Gasteiger partial charge in [0.15, 0.2) is 0 Å². The third-order valence-corrected chi connectivity index (χ3v) is 2.94. The number of nitrogens with zero attached hydrogens (tertiary/aromatic N) is 1. The van der Waals surface area contributed by atoms with E-state index in [-0.39, 0.29) is 0 Å². The Hall–Kier alpha value is -2.13. The number of imidazole rings is 1. The van der Waals surface area contributed by atoms with Crippen molar-refractivity contribution in [1.29, 1.82) is 0 Å². The average molecular weight is 223 g/mol. The first-order valence-electron chi connectivity index (χ1n) is 5.59. The number of nitrogens with two attached hydrogens (primary N) is 1. The van der Waals surface area contributed by atoms with Gasteiger partial charge in [-0.15, -0.1) is 0 Å². The Bertz CT molecular complexity index is 638. The van der Waals surface area contributed by atoms with Gasteiger partial charge in [-0.3, -0.25) is 0 Å². The van der Waals surface area contributed by atoms with Crippen LogP contribution in [0.25, 0.3) is 22.2 Å². The molecule has 0 fully saturated rings. The summed E-state index contributed by atoms with van der Waals surface area (Å²) < 4.78 is 0. The maximum atomic E-state index is 5.59. The Labute approximate surface area is 99.3 Å². The molecule has 0 spiro atoms. The van der Waals surface area contributed by atoms with E-state index < -0.39 is 0 Å². The smallest absolute Gasteiger partial charge is 0.0931 e. The van der Waals surface area contributed by atoms with Crippen molar-refractivity contribution in [1.82, 2.24) is 9.97 Å². The monoisotopic (exact) mass is 223 g/mol. The summed E-state index contributed by atoms with van der Waals surface area (Å²) in [7, 11) is 0. The molecule has 0 aliphatic heterocycles. The van der Waals surface area contributed by atoms with Crippen LogP contribution in [-0.4, -0.2) is 9.97 Å². The average Bonchev–Trinajstić information content (AvgIpc) is 2.86. The molecule has 2 aromatic carbocycles. The van der Waals surface area contributed by atoms with Gasteiger partial charge in [0.25, 0.3) is 0 Å². The standard InChI is InChI=1S/C14H13N3/c15-8-10-1-3-11(4-2-10)12-5-6-13-14(7-12)17-9-16-13/h1-7,9H,8,15H2,(H,16,17). The zero-order valence-corrected chi connectivity index (χ0v) is 9.35. The summed E-state index contributed by atoms with van der Waals surface area (Å²) in [4.78, 5) is 7.33. The summed E-state index contributed by atoms with van der Waals surface area (Å²) in [6.45, 7) is 0.583. The van der Waals surface area contributed by atoms with Gasteiger partial charge in [-0.25, -0.2) is 4.98 Å². The molecule has 0 unspecified atom stereocenters. The lowest BCUT2D eigenvalue weighted by Gasteiger charge is -2.03. The summed E-state index contributed by atoms with van der Waals surface area (Å²) in [5, 5.41) is 0. The minimum atomic E-state index is 0.583. The van der Waals surface area contributed by atoms with Crippen LogP contribution >= 0.6 is 0 Å². The molecule has 0 amide bonds. The Kier molecular flexibility index (Phi) is 2.38. The highest BCUT2D eigenvalue weighted by atomic mass is 14.9. The van der Waals surface area contributed by atoms with E-state index in [4.69, 9.17) is 5.73 Å². The predicted octanol–water partition coefficient (Wildman–Crippen LogP) is 2.69. The van der Waals surface area contributed by atoms with Crippen molar-refractivity contribution in [2.45, 2.75) is 6.54 Å². The number of H-pyrrole nitrogens is 1. The maximum absolute atomic E-state index is 5.59. The van der Waals surface area contributed by atoms with Gasteiger partial charge in [-0.05, 0) is 28.8 Å². The van der Waals surface area contributed by atoms with Crippen LogP contribution in [0.2, 0.25) is 0 Å². The lowest BCUT2D eigenvalue weighted by atomic mass is 10.0. The highest BCUT2D eigenvalue weighted by Crippen LogP contribution is 2.23. The van der Waals surface area contributed by atoms with Gasteiger partial charge >= 0.3 is 0 Å². The summed E-state index contributed by atoms with van der Waals surface area (Å²) in [6, 6.07) is 14.5. The van der Waals surface area contributed by atoms with Gasteiger partial charge in [-0.2, -0.15) is 0 Å². The molecule has 1 heterocycles. The molecule has 3 nitrogen and oxygen atoms in total. The number of benzene rings is 2. The van der Waals surface area contributed by atoms with Crippen LogP contribution in [-0.2, 0) is 6.54 Å². The van der Waals surface area contributed by atoms with Gasteiger partial charge in [-0.1, -0.05) is 30.3 Å². The Morgan fingerprint density at radius 1 is 1.00 bits per heavy atom. The molecule has 84 valence electrons. The SMILES string of the molecule is NCc1ccc(-c2ccc3nc[nH]c3c2)cc1. The maximum Gasteiger partial charge on any atom is 0.0931 e. The first-order valence-corrected chi connectivity index (χ1v) is 5.59. The molecule has 17 heavy (non-hydrogen) atoms. The fourth-order valence-corrected chi connectivity index (χ4v) is 1.95.